The lowest BCUT2D eigenvalue weighted by molar-refractivity contribution is 0.157. The molecular weight excluding hydrogens is 284 g/mol. The average molecular weight is 302 g/mol. The summed E-state index contributed by atoms with van der Waals surface area (Å²) >= 11 is 0. The zero-order chi connectivity index (χ0) is 15.7. The van der Waals surface area contributed by atoms with E-state index in [0.717, 1.165) is 5.56 Å². The van der Waals surface area contributed by atoms with Crippen LogP contribution in [0.25, 0.3) is 0 Å². The van der Waals surface area contributed by atoms with Crippen LogP contribution in [0.5, 0.6) is 23.0 Å². The van der Waals surface area contributed by atoms with Crippen molar-refractivity contribution in [1.29, 1.82) is 0 Å². The number of benzene rings is 2. The SMILES string of the molecule is COc1ccc2c(c1)[C@@H](CO)[C@@H](c1cc(OC)ccc1O)O2. The maximum Gasteiger partial charge on any atom is 0.137 e. The summed E-state index contributed by atoms with van der Waals surface area (Å²) in [5, 5.41) is 19.9. The molecule has 5 heteroatoms. The molecule has 0 saturated carbocycles. The van der Waals surface area contributed by atoms with Crippen LogP contribution < -0.4 is 14.2 Å². The number of hydrogen-bond acceptors (Lipinski definition) is 5. The van der Waals surface area contributed by atoms with E-state index in [1.165, 1.54) is 0 Å². The molecule has 1 heterocycles. The fourth-order valence-electron chi connectivity index (χ4n) is 2.79. The van der Waals surface area contributed by atoms with Gasteiger partial charge in [0.2, 0.25) is 0 Å². The Hall–Kier alpha value is -2.40. The van der Waals surface area contributed by atoms with Crippen molar-refractivity contribution in [2.45, 2.75) is 12.0 Å². The molecule has 116 valence electrons. The van der Waals surface area contributed by atoms with Crippen LogP contribution in [-0.2, 0) is 0 Å². The second kappa shape index (κ2) is 5.77. The fourth-order valence-corrected chi connectivity index (χ4v) is 2.79. The van der Waals surface area contributed by atoms with Gasteiger partial charge in [0.05, 0.1) is 26.7 Å². The zero-order valence-corrected chi connectivity index (χ0v) is 12.4. The molecule has 0 fully saturated rings. The number of fused-ring (bicyclic) bond motifs is 1. The molecular formula is C17H18O5. The molecule has 22 heavy (non-hydrogen) atoms. The summed E-state index contributed by atoms with van der Waals surface area (Å²) in [6.07, 6.45) is -0.470. The van der Waals surface area contributed by atoms with Crippen molar-refractivity contribution in [2.75, 3.05) is 20.8 Å². The first kappa shape index (κ1) is 14.5. The number of aromatic hydroxyl groups is 1. The van der Waals surface area contributed by atoms with Crippen LogP contribution in [0.4, 0.5) is 0 Å². The molecule has 2 aromatic rings. The maximum atomic E-state index is 10.1. The summed E-state index contributed by atoms with van der Waals surface area (Å²) < 4.78 is 16.4. The van der Waals surface area contributed by atoms with Gasteiger partial charge in [0.1, 0.15) is 29.1 Å². The van der Waals surface area contributed by atoms with Crippen LogP contribution >= 0.6 is 0 Å². The smallest absolute Gasteiger partial charge is 0.137 e. The summed E-state index contributed by atoms with van der Waals surface area (Å²) in [5.74, 6) is 1.86. The molecule has 0 amide bonds. The van der Waals surface area contributed by atoms with Gasteiger partial charge in [-0.25, -0.2) is 0 Å². The van der Waals surface area contributed by atoms with E-state index >= 15 is 0 Å². The summed E-state index contributed by atoms with van der Waals surface area (Å²) in [5.41, 5.74) is 1.46. The molecule has 2 atom stereocenters. The summed E-state index contributed by atoms with van der Waals surface area (Å²) in [7, 11) is 3.16. The van der Waals surface area contributed by atoms with Gasteiger partial charge in [0, 0.05) is 11.1 Å². The van der Waals surface area contributed by atoms with E-state index in [2.05, 4.69) is 0 Å². The molecule has 0 saturated heterocycles. The minimum absolute atomic E-state index is 0.0957. The molecule has 0 aromatic heterocycles. The first-order chi connectivity index (χ1) is 10.7. The molecule has 0 aliphatic carbocycles. The number of aliphatic hydroxyl groups is 1. The lowest BCUT2D eigenvalue weighted by atomic mass is 9.91. The van der Waals surface area contributed by atoms with Crippen LogP contribution in [0.2, 0.25) is 0 Å². The third-order valence-electron chi connectivity index (χ3n) is 3.97. The Morgan fingerprint density at radius 1 is 1.00 bits per heavy atom. The molecule has 1 aliphatic rings. The summed E-state index contributed by atoms with van der Waals surface area (Å²) in [4.78, 5) is 0. The predicted octanol–water partition coefficient (Wildman–Crippen LogP) is 2.62. The Labute approximate surface area is 128 Å². The Kier molecular flexibility index (Phi) is 3.81. The predicted molar refractivity (Wildman–Crippen MR) is 80.8 cm³/mol. The third kappa shape index (κ3) is 2.33. The van der Waals surface area contributed by atoms with Gasteiger partial charge in [0.15, 0.2) is 0 Å². The Morgan fingerprint density at radius 3 is 2.27 bits per heavy atom. The van der Waals surface area contributed by atoms with Gasteiger partial charge in [-0.1, -0.05) is 0 Å². The van der Waals surface area contributed by atoms with Crippen molar-refractivity contribution in [2.24, 2.45) is 0 Å². The highest BCUT2D eigenvalue weighted by Crippen LogP contribution is 2.49. The minimum Gasteiger partial charge on any atom is -0.508 e. The standard InChI is InChI=1S/C17H18O5/c1-20-10-3-5-15(19)13(8-10)17-14(9-18)12-7-11(21-2)4-6-16(12)22-17/h3-8,14,17-19H,9H2,1-2H3/t14-,17-/m1/s1. The maximum absolute atomic E-state index is 10.1. The second-order valence-corrected chi connectivity index (χ2v) is 5.16. The van der Waals surface area contributed by atoms with Crippen LogP contribution in [0.3, 0.4) is 0 Å². The molecule has 3 rings (SSSR count). The lowest BCUT2D eigenvalue weighted by Crippen LogP contribution is -2.13. The van der Waals surface area contributed by atoms with E-state index in [1.807, 2.05) is 12.1 Å². The average Bonchev–Trinajstić information content (AvgIpc) is 2.92. The molecule has 1 aliphatic heterocycles. The summed E-state index contributed by atoms with van der Waals surface area (Å²) in [6, 6.07) is 10.4. The van der Waals surface area contributed by atoms with E-state index in [0.29, 0.717) is 22.8 Å². The van der Waals surface area contributed by atoms with Crippen molar-refractivity contribution in [3.05, 3.63) is 47.5 Å². The van der Waals surface area contributed by atoms with Gasteiger partial charge in [-0.2, -0.15) is 0 Å². The number of phenols is 1. The third-order valence-corrected chi connectivity index (χ3v) is 3.97. The Morgan fingerprint density at radius 2 is 1.64 bits per heavy atom. The van der Waals surface area contributed by atoms with Gasteiger partial charge in [-0.15, -0.1) is 0 Å². The largest absolute Gasteiger partial charge is 0.508 e. The van der Waals surface area contributed by atoms with Crippen molar-refractivity contribution in [3.8, 4) is 23.0 Å². The molecule has 0 bridgehead atoms. The number of phenolic OH excluding ortho intramolecular Hbond substituents is 1. The molecule has 2 N–H and O–H groups in total. The number of rotatable bonds is 4. The van der Waals surface area contributed by atoms with Gasteiger partial charge >= 0.3 is 0 Å². The van der Waals surface area contributed by atoms with Crippen molar-refractivity contribution < 1.29 is 24.4 Å². The summed E-state index contributed by atoms with van der Waals surface area (Å²) in [6.45, 7) is -0.0957. The molecule has 5 nitrogen and oxygen atoms in total. The van der Waals surface area contributed by atoms with Gasteiger partial charge in [-0.3, -0.25) is 0 Å². The van der Waals surface area contributed by atoms with Gasteiger partial charge in [0.25, 0.3) is 0 Å². The normalized spacial score (nSPS) is 19.4. The Balaban J connectivity index is 2.03. The first-order valence-electron chi connectivity index (χ1n) is 7.00. The highest BCUT2D eigenvalue weighted by atomic mass is 16.5. The molecule has 0 spiro atoms. The lowest BCUT2D eigenvalue weighted by Gasteiger charge is -2.19. The van der Waals surface area contributed by atoms with Crippen molar-refractivity contribution >= 4 is 0 Å². The van der Waals surface area contributed by atoms with Crippen molar-refractivity contribution in [1.82, 2.24) is 0 Å². The van der Waals surface area contributed by atoms with E-state index in [9.17, 15) is 10.2 Å². The van der Waals surface area contributed by atoms with E-state index in [1.54, 1.807) is 38.5 Å². The highest BCUT2D eigenvalue weighted by Gasteiger charge is 2.37. The molecule has 0 radical (unpaired) electrons. The highest BCUT2D eigenvalue weighted by molar-refractivity contribution is 5.50. The first-order valence-corrected chi connectivity index (χ1v) is 7.00. The van der Waals surface area contributed by atoms with Gasteiger partial charge in [-0.05, 0) is 36.4 Å². The van der Waals surface area contributed by atoms with E-state index < -0.39 is 6.10 Å². The molecule has 2 aromatic carbocycles. The number of ether oxygens (including phenoxy) is 3. The quantitative estimate of drug-likeness (QED) is 0.908. The van der Waals surface area contributed by atoms with Crippen LogP contribution in [0.15, 0.2) is 36.4 Å². The van der Waals surface area contributed by atoms with Crippen LogP contribution in [-0.4, -0.2) is 31.0 Å². The second-order valence-electron chi connectivity index (χ2n) is 5.16. The van der Waals surface area contributed by atoms with Crippen molar-refractivity contribution in [3.63, 3.8) is 0 Å². The number of aliphatic hydroxyl groups excluding tert-OH is 1. The molecule has 0 unspecified atom stereocenters. The van der Waals surface area contributed by atoms with Crippen LogP contribution in [0, 0.1) is 0 Å². The van der Waals surface area contributed by atoms with E-state index in [4.69, 9.17) is 14.2 Å². The van der Waals surface area contributed by atoms with Gasteiger partial charge < -0.3 is 24.4 Å². The minimum atomic E-state index is -0.470. The zero-order valence-electron chi connectivity index (χ0n) is 12.4. The van der Waals surface area contributed by atoms with E-state index in [-0.39, 0.29) is 18.3 Å². The number of methoxy groups -OCH3 is 2. The number of hydrogen-bond donors (Lipinski definition) is 2. The topological polar surface area (TPSA) is 68.2 Å². The monoisotopic (exact) mass is 302 g/mol. The van der Waals surface area contributed by atoms with Crippen LogP contribution in [0.1, 0.15) is 23.1 Å². The fraction of sp³-hybridized carbons (Fsp3) is 0.294. The Bertz CT molecular complexity index is 683.